The molecule has 0 bridgehead atoms. The van der Waals surface area contributed by atoms with Crippen molar-refractivity contribution < 1.29 is 25.2 Å². The van der Waals surface area contributed by atoms with Crippen LogP contribution in [0.5, 0.6) is 0 Å². The van der Waals surface area contributed by atoms with Crippen molar-refractivity contribution in [3.8, 4) is 0 Å². The van der Waals surface area contributed by atoms with E-state index in [9.17, 15) is 15.3 Å². The Hall–Kier alpha value is -1.50. The monoisotopic (exact) mass is 308 g/mol. The highest BCUT2D eigenvalue weighted by atomic mass is 16.5. The molecule has 0 amide bonds. The van der Waals surface area contributed by atoms with E-state index in [-0.39, 0.29) is 19.6 Å². The first-order valence-corrected chi connectivity index (χ1v) is 7.23. The summed E-state index contributed by atoms with van der Waals surface area (Å²) in [4.78, 5) is 0. The first kappa shape index (κ1) is 18.5. The first-order valence-electron chi connectivity index (χ1n) is 7.23. The van der Waals surface area contributed by atoms with Crippen LogP contribution in [0.3, 0.4) is 0 Å². The maximum atomic E-state index is 9.72. The van der Waals surface area contributed by atoms with Crippen LogP contribution in [-0.4, -0.2) is 52.0 Å². The minimum atomic E-state index is -0.873. The predicted octanol–water partition coefficient (Wildman–Crippen LogP) is 0.781. The van der Waals surface area contributed by atoms with Crippen LogP contribution in [-0.2, 0) is 11.3 Å². The number of ether oxygens (including phenoxy) is 1. The largest absolute Gasteiger partial charge is 0.392 e. The van der Waals surface area contributed by atoms with Crippen LogP contribution in [0.4, 0.5) is 0 Å². The van der Waals surface area contributed by atoms with E-state index in [1.54, 1.807) is 0 Å². The molecule has 3 atom stereocenters. The molecule has 0 aliphatic rings. The minimum absolute atomic E-state index is 0.102. The standard InChI is InChI=1S/C17H24O5/c18-10-4-7-15(19)11-16(20)8-9-17(21)13-22-12-14-5-2-1-3-6-14/h1-9,15-21H,10-13H2/b7-4+,9-8+/t15-,16-,17+/m0/s1. The normalized spacial score (nSPS) is 16.2. The Morgan fingerprint density at radius 3 is 2.23 bits per heavy atom. The number of hydrogen-bond donors (Lipinski definition) is 4. The fourth-order valence-corrected chi connectivity index (χ4v) is 1.81. The van der Waals surface area contributed by atoms with E-state index >= 15 is 0 Å². The van der Waals surface area contributed by atoms with Crippen molar-refractivity contribution in [2.75, 3.05) is 13.2 Å². The molecule has 0 saturated heterocycles. The summed E-state index contributed by atoms with van der Waals surface area (Å²) in [5.41, 5.74) is 1.03. The average molecular weight is 308 g/mol. The SMILES string of the molecule is OC/C=C/[C@H](O)C[C@@H](O)/C=C/[C@@H](O)COCc1ccccc1. The van der Waals surface area contributed by atoms with Crippen LogP contribution in [0.15, 0.2) is 54.6 Å². The molecule has 0 aromatic heterocycles. The second kappa shape index (κ2) is 11.1. The summed E-state index contributed by atoms with van der Waals surface area (Å²) in [6.45, 7) is 0.393. The molecule has 1 aromatic carbocycles. The molecular formula is C17H24O5. The molecule has 0 aliphatic heterocycles. The molecule has 1 rings (SSSR count). The average Bonchev–Trinajstić information content (AvgIpc) is 2.52. The summed E-state index contributed by atoms with van der Waals surface area (Å²) in [6.07, 6.45) is 3.27. The predicted molar refractivity (Wildman–Crippen MR) is 84.1 cm³/mol. The van der Waals surface area contributed by atoms with Gasteiger partial charge in [0.05, 0.1) is 38.1 Å². The van der Waals surface area contributed by atoms with Crippen LogP contribution < -0.4 is 0 Å². The van der Waals surface area contributed by atoms with Gasteiger partial charge in [0.1, 0.15) is 0 Å². The van der Waals surface area contributed by atoms with Gasteiger partial charge in [-0.25, -0.2) is 0 Å². The summed E-state index contributed by atoms with van der Waals surface area (Å²) in [6, 6.07) is 9.64. The molecule has 5 heteroatoms. The summed E-state index contributed by atoms with van der Waals surface area (Å²) in [5.74, 6) is 0. The third kappa shape index (κ3) is 8.71. The summed E-state index contributed by atoms with van der Waals surface area (Å²) in [5, 5.41) is 37.5. The van der Waals surface area contributed by atoms with Gasteiger partial charge in [-0.05, 0) is 5.56 Å². The van der Waals surface area contributed by atoms with Gasteiger partial charge in [0.2, 0.25) is 0 Å². The molecular weight excluding hydrogens is 284 g/mol. The topological polar surface area (TPSA) is 90.2 Å². The Morgan fingerprint density at radius 1 is 0.909 bits per heavy atom. The molecule has 122 valence electrons. The fraction of sp³-hybridized carbons (Fsp3) is 0.412. The molecule has 0 aliphatic carbocycles. The third-order valence-corrected chi connectivity index (χ3v) is 2.90. The molecule has 5 nitrogen and oxygen atoms in total. The molecule has 1 aromatic rings. The maximum Gasteiger partial charge on any atom is 0.0955 e. The van der Waals surface area contributed by atoms with E-state index in [1.165, 1.54) is 24.3 Å². The van der Waals surface area contributed by atoms with Gasteiger partial charge in [-0.2, -0.15) is 0 Å². The Balaban J connectivity index is 2.22. The van der Waals surface area contributed by atoms with Gasteiger partial charge < -0.3 is 25.2 Å². The number of aliphatic hydroxyl groups excluding tert-OH is 4. The lowest BCUT2D eigenvalue weighted by atomic mass is 10.1. The first-order chi connectivity index (χ1) is 10.6. The van der Waals surface area contributed by atoms with Gasteiger partial charge in [-0.15, -0.1) is 0 Å². The fourth-order valence-electron chi connectivity index (χ4n) is 1.81. The molecule has 22 heavy (non-hydrogen) atoms. The Bertz CT molecular complexity index is 444. The molecule has 0 fully saturated rings. The van der Waals surface area contributed by atoms with Crippen LogP contribution >= 0.6 is 0 Å². The van der Waals surface area contributed by atoms with Gasteiger partial charge in [0, 0.05) is 6.42 Å². The van der Waals surface area contributed by atoms with E-state index in [4.69, 9.17) is 9.84 Å². The number of aliphatic hydroxyl groups is 4. The lowest BCUT2D eigenvalue weighted by molar-refractivity contribution is 0.0495. The molecule has 0 unspecified atom stereocenters. The number of benzene rings is 1. The lowest BCUT2D eigenvalue weighted by Crippen LogP contribution is -2.16. The van der Waals surface area contributed by atoms with Gasteiger partial charge in [0.15, 0.2) is 0 Å². The van der Waals surface area contributed by atoms with Crippen LogP contribution in [0.2, 0.25) is 0 Å². The second-order valence-electron chi connectivity index (χ2n) is 4.93. The van der Waals surface area contributed by atoms with Crippen molar-refractivity contribution in [3.63, 3.8) is 0 Å². The zero-order chi connectivity index (χ0) is 16.2. The van der Waals surface area contributed by atoms with Gasteiger partial charge in [-0.1, -0.05) is 54.6 Å². The minimum Gasteiger partial charge on any atom is -0.392 e. The Kier molecular flexibility index (Phi) is 9.37. The van der Waals surface area contributed by atoms with Crippen molar-refractivity contribution in [2.45, 2.75) is 31.3 Å². The summed E-state index contributed by atoms with van der Waals surface area (Å²) in [7, 11) is 0. The second-order valence-corrected chi connectivity index (χ2v) is 4.93. The smallest absolute Gasteiger partial charge is 0.0955 e. The zero-order valence-electron chi connectivity index (χ0n) is 12.5. The van der Waals surface area contributed by atoms with Crippen molar-refractivity contribution in [1.29, 1.82) is 0 Å². The van der Waals surface area contributed by atoms with Crippen LogP contribution in [0.1, 0.15) is 12.0 Å². The highest BCUT2D eigenvalue weighted by molar-refractivity contribution is 5.13. The quantitative estimate of drug-likeness (QED) is 0.480. The Morgan fingerprint density at radius 2 is 1.55 bits per heavy atom. The van der Waals surface area contributed by atoms with Crippen LogP contribution in [0, 0.1) is 0 Å². The summed E-state index contributed by atoms with van der Waals surface area (Å²) < 4.78 is 5.38. The third-order valence-electron chi connectivity index (χ3n) is 2.90. The number of hydrogen-bond acceptors (Lipinski definition) is 5. The lowest BCUT2D eigenvalue weighted by Gasteiger charge is -2.11. The van der Waals surface area contributed by atoms with Crippen molar-refractivity contribution in [1.82, 2.24) is 0 Å². The molecule has 0 spiro atoms. The zero-order valence-corrected chi connectivity index (χ0v) is 12.5. The Labute approximate surface area is 130 Å². The molecule has 0 heterocycles. The van der Waals surface area contributed by atoms with Gasteiger partial charge in [0.25, 0.3) is 0 Å². The maximum absolute atomic E-state index is 9.72. The number of rotatable bonds is 10. The van der Waals surface area contributed by atoms with E-state index < -0.39 is 18.3 Å². The van der Waals surface area contributed by atoms with Gasteiger partial charge >= 0.3 is 0 Å². The molecule has 0 saturated carbocycles. The van der Waals surface area contributed by atoms with Crippen LogP contribution in [0.25, 0.3) is 0 Å². The van der Waals surface area contributed by atoms with E-state index in [2.05, 4.69) is 0 Å². The van der Waals surface area contributed by atoms with E-state index in [0.29, 0.717) is 6.61 Å². The van der Waals surface area contributed by atoms with Crippen molar-refractivity contribution in [3.05, 3.63) is 60.2 Å². The van der Waals surface area contributed by atoms with Gasteiger partial charge in [-0.3, -0.25) is 0 Å². The molecule has 0 radical (unpaired) electrons. The van der Waals surface area contributed by atoms with E-state index in [0.717, 1.165) is 5.56 Å². The van der Waals surface area contributed by atoms with Crippen molar-refractivity contribution in [2.24, 2.45) is 0 Å². The molecule has 4 N–H and O–H groups in total. The highest BCUT2D eigenvalue weighted by Crippen LogP contribution is 2.04. The summed E-state index contributed by atoms with van der Waals surface area (Å²) >= 11 is 0. The highest BCUT2D eigenvalue weighted by Gasteiger charge is 2.07. The van der Waals surface area contributed by atoms with Crippen molar-refractivity contribution >= 4 is 0 Å². The van der Waals surface area contributed by atoms with E-state index in [1.807, 2.05) is 30.3 Å².